The molecular formula is C18H23N3O2. The van der Waals surface area contributed by atoms with Crippen LogP contribution in [-0.2, 0) is 4.79 Å². The van der Waals surface area contributed by atoms with Crippen molar-refractivity contribution in [1.29, 1.82) is 0 Å². The zero-order valence-electron chi connectivity index (χ0n) is 13.4. The van der Waals surface area contributed by atoms with E-state index in [2.05, 4.69) is 10.5 Å². The van der Waals surface area contributed by atoms with Gasteiger partial charge in [0.1, 0.15) is 0 Å². The summed E-state index contributed by atoms with van der Waals surface area (Å²) in [5, 5.41) is 4.30. The van der Waals surface area contributed by atoms with E-state index in [9.17, 15) is 9.59 Å². The molecule has 0 radical (unpaired) electrons. The third kappa shape index (κ3) is 3.97. The molecule has 0 atom stereocenters. The summed E-state index contributed by atoms with van der Waals surface area (Å²) in [6.45, 7) is 0.728. The molecule has 2 aliphatic rings. The molecule has 2 amide bonds. The highest BCUT2D eigenvalue weighted by Crippen LogP contribution is 2.22. The van der Waals surface area contributed by atoms with Crippen LogP contribution in [0.25, 0.3) is 0 Å². The van der Waals surface area contributed by atoms with Crippen LogP contribution in [0.4, 0.5) is 5.69 Å². The van der Waals surface area contributed by atoms with Gasteiger partial charge in [-0.3, -0.25) is 9.59 Å². The lowest BCUT2D eigenvalue weighted by Gasteiger charge is -2.16. The largest absolute Gasteiger partial charge is 0.312 e. The van der Waals surface area contributed by atoms with Crippen molar-refractivity contribution < 1.29 is 9.59 Å². The minimum atomic E-state index is -0.213. The van der Waals surface area contributed by atoms with Gasteiger partial charge >= 0.3 is 0 Å². The van der Waals surface area contributed by atoms with E-state index in [4.69, 9.17) is 0 Å². The highest BCUT2D eigenvalue weighted by Gasteiger charge is 2.22. The maximum Gasteiger partial charge on any atom is 0.271 e. The Morgan fingerprint density at radius 1 is 1.04 bits per heavy atom. The van der Waals surface area contributed by atoms with Crippen molar-refractivity contribution in [2.24, 2.45) is 5.10 Å². The number of rotatable bonds is 3. The highest BCUT2D eigenvalue weighted by molar-refractivity contribution is 5.99. The lowest BCUT2D eigenvalue weighted by atomic mass is 10.1. The van der Waals surface area contributed by atoms with Gasteiger partial charge in [-0.25, -0.2) is 5.43 Å². The van der Waals surface area contributed by atoms with E-state index < -0.39 is 0 Å². The van der Waals surface area contributed by atoms with E-state index in [0.717, 1.165) is 50.0 Å². The van der Waals surface area contributed by atoms with Gasteiger partial charge in [-0.15, -0.1) is 0 Å². The molecule has 23 heavy (non-hydrogen) atoms. The predicted molar refractivity (Wildman–Crippen MR) is 90.6 cm³/mol. The van der Waals surface area contributed by atoms with Crippen LogP contribution in [0.5, 0.6) is 0 Å². The Morgan fingerprint density at radius 2 is 1.83 bits per heavy atom. The molecule has 5 heteroatoms. The van der Waals surface area contributed by atoms with Gasteiger partial charge in [0.05, 0.1) is 0 Å². The van der Waals surface area contributed by atoms with Gasteiger partial charge in [0, 0.05) is 29.9 Å². The van der Waals surface area contributed by atoms with Crippen LogP contribution >= 0.6 is 0 Å². The number of carbonyl (C=O) groups excluding carboxylic acids is 2. The number of hydrogen-bond acceptors (Lipinski definition) is 3. The van der Waals surface area contributed by atoms with Gasteiger partial charge < -0.3 is 4.90 Å². The summed E-state index contributed by atoms with van der Waals surface area (Å²) in [6.07, 6.45) is 8.22. The van der Waals surface area contributed by atoms with Crippen LogP contribution in [0, 0.1) is 0 Å². The first-order valence-electron chi connectivity index (χ1n) is 8.50. The number of nitrogens with zero attached hydrogens (tertiary/aromatic N) is 2. The Labute approximate surface area is 136 Å². The van der Waals surface area contributed by atoms with Gasteiger partial charge in [-0.05, 0) is 50.3 Å². The van der Waals surface area contributed by atoms with Gasteiger partial charge in [-0.2, -0.15) is 5.10 Å². The molecule has 0 bridgehead atoms. The second-order valence-corrected chi connectivity index (χ2v) is 6.23. The molecule has 0 spiro atoms. The zero-order valence-corrected chi connectivity index (χ0v) is 13.4. The third-order valence-corrected chi connectivity index (χ3v) is 4.49. The van der Waals surface area contributed by atoms with Crippen molar-refractivity contribution in [3.8, 4) is 0 Å². The average molecular weight is 313 g/mol. The molecular weight excluding hydrogens is 290 g/mol. The normalized spacial score (nSPS) is 18.7. The first-order valence-corrected chi connectivity index (χ1v) is 8.50. The van der Waals surface area contributed by atoms with E-state index in [1.165, 1.54) is 12.8 Å². The Hall–Kier alpha value is -2.17. The zero-order chi connectivity index (χ0) is 16.1. The van der Waals surface area contributed by atoms with Crippen molar-refractivity contribution >= 4 is 23.2 Å². The smallest absolute Gasteiger partial charge is 0.271 e. The summed E-state index contributed by atoms with van der Waals surface area (Å²) in [6, 6.07) is 7.21. The molecule has 5 nitrogen and oxygen atoms in total. The number of nitrogens with one attached hydrogen (secondary N) is 1. The van der Waals surface area contributed by atoms with Crippen LogP contribution in [0.3, 0.4) is 0 Å². The Morgan fingerprint density at radius 3 is 2.52 bits per heavy atom. The summed E-state index contributed by atoms with van der Waals surface area (Å²) in [4.78, 5) is 25.9. The van der Waals surface area contributed by atoms with Crippen LogP contribution in [0.1, 0.15) is 61.7 Å². The van der Waals surface area contributed by atoms with Crippen molar-refractivity contribution in [2.75, 3.05) is 11.4 Å². The highest BCUT2D eigenvalue weighted by atomic mass is 16.2. The molecule has 1 heterocycles. The summed E-state index contributed by atoms with van der Waals surface area (Å²) in [5.41, 5.74) is 5.09. The molecule has 2 fully saturated rings. The molecule has 0 unspecified atom stereocenters. The van der Waals surface area contributed by atoms with E-state index in [0.29, 0.717) is 12.0 Å². The minimum absolute atomic E-state index is 0.126. The van der Waals surface area contributed by atoms with Crippen molar-refractivity contribution in [3.63, 3.8) is 0 Å². The van der Waals surface area contributed by atoms with Gasteiger partial charge in [0.25, 0.3) is 5.91 Å². The fraction of sp³-hybridized carbons (Fsp3) is 0.500. The maximum atomic E-state index is 12.3. The van der Waals surface area contributed by atoms with Crippen molar-refractivity contribution in [3.05, 3.63) is 29.8 Å². The molecule has 0 aromatic heterocycles. The van der Waals surface area contributed by atoms with Gasteiger partial charge in [0.2, 0.25) is 5.91 Å². The minimum Gasteiger partial charge on any atom is -0.312 e. The number of benzene rings is 1. The van der Waals surface area contributed by atoms with E-state index in [1.807, 2.05) is 12.1 Å². The monoisotopic (exact) mass is 313 g/mol. The quantitative estimate of drug-likeness (QED) is 0.688. The van der Waals surface area contributed by atoms with Gasteiger partial charge in [-0.1, -0.05) is 18.9 Å². The Kier molecular flexibility index (Phi) is 5.05. The van der Waals surface area contributed by atoms with E-state index in [-0.39, 0.29) is 11.8 Å². The van der Waals surface area contributed by atoms with Crippen LogP contribution < -0.4 is 10.3 Å². The molecule has 1 saturated heterocycles. The third-order valence-electron chi connectivity index (χ3n) is 4.49. The Balaban J connectivity index is 1.67. The lowest BCUT2D eigenvalue weighted by molar-refractivity contribution is -0.117. The first-order chi connectivity index (χ1) is 11.2. The van der Waals surface area contributed by atoms with Crippen molar-refractivity contribution in [1.82, 2.24) is 5.43 Å². The molecule has 122 valence electrons. The first kappa shape index (κ1) is 15.7. The molecule has 3 rings (SSSR count). The predicted octanol–water partition coefficient (Wildman–Crippen LogP) is 3.25. The number of amides is 2. The molecule has 1 aliphatic heterocycles. The van der Waals surface area contributed by atoms with Crippen molar-refractivity contribution in [2.45, 2.75) is 51.4 Å². The average Bonchev–Trinajstić information content (AvgIpc) is 2.84. The van der Waals surface area contributed by atoms with Crippen LogP contribution in [0.15, 0.2) is 29.4 Å². The maximum absolute atomic E-state index is 12.3. The van der Waals surface area contributed by atoms with E-state index >= 15 is 0 Å². The Bertz CT molecular complexity index is 614. The summed E-state index contributed by atoms with van der Waals surface area (Å²) >= 11 is 0. The van der Waals surface area contributed by atoms with E-state index in [1.54, 1.807) is 17.0 Å². The topological polar surface area (TPSA) is 61.8 Å². The fourth-order valence-corrected chi connectivity index (χ4v) is 3.18. The SMILES string of the molecule is O=C(NN=C1CCCCCC1)c1cccc(N2CCCC2=O)c1. The lowest BCUT2D eigenvalue weighted by Crippen LogP contribution is -2.25. The molecule has 1 aromatic rings. The summed E-state index contributed by atoms with van der Waals surface area (Å²) in [5.74, 6) is -0.0866. The number of anilines is 1. The molecule has 1 aromatic carbocycles. The molecule has 1 N–H and O–H groups in total. The van der Waals surface area contributed by atoms with Gasteiger partial charge in [0.15, 0.2) is 0 Å². The standard InChI is InChI=1S/C18H23N3O2/c22-17-11-6-12-21(17)16-10-5-7-14(13-16)18(23)20-19-15-8-3-1-2-4-9-15/h5,7,10,13H,1-4,6,8-9,11-12H2,(H,20,23). The number of carbonyl (C=O) groups is 2. The second kappa shape index (κ2) is 7.40. The molecule has 1 saturated carbocycles. The molecule has 1 aliphatic carbocycles. The number of hydrazone groups is 1. The number of hydrogen-bond donors (Lipinski definition) is 1. The fourth-order valence-electron chi connectivity index (χ4n) is 3.18. The summed E-state index contributed by atoms with van der Waals surface area (Å²) < 4.78 is 0. The van der Waals surface area contributed by atoms with Crippen LogP contribution in [-0.4, -0.2) is 24.1 Å². The van der Waals surface area contributed by atoms with Crippen LogP contribution in [0.2, 0.25) is 0 Å². The summed E-state index contributed by atoms with van der Waals surface area (Å²) in [7, 11) is 0. The second-order valence-electron chi connectivity index (χ2n) is 6.23.